The minimum atomic E-state index is -0.173. The fourth-order valence-corrected chi connectivity index (χ4v) is 3.08. The lowest BCUT2D eigenvalue weighted by molar-refractivity contribution is -0.697. The van der Waals surface area contributed by atoms with Crippen LogP contribution < -0.4 is 21.3 Å². The molecule has 5 heteroatoms. The summed E-state index contributed by atoms with van der Waals surface area (Å²) >= 11 is 0. The smallest absolute Gasteiger partial charge is 0.161 e. The van der Waals surface area contributed by atoms with Crippen molar-refractivity contribution in [3.63, 3.8) is 0 Å². The van der Waals surface area contributed by atoms with Gasteiger partial charge < -0.3 is 26.5 Å². The average Bonchev–Trinajstić information content (AvgIpc) is 2.77. The summed E-state index contributed by atoms with van der Waals surface area (Å²) in [5.74, 6) is 1.37. The largest absolute Gasteiger partial charge is 0.623 e. The van der Waals surface area contributed by atoms with E-state index in [9.17, 15) is 5.21 Å². The van der Waals surface area contributed by atoms with Gasteiger partial charge in [0.15, 0.2) is 5.69 Å². The summed E-state index contributed by atoms with van der Waals surface area (Å²) in [6.45, 7) is 0. The fraction of sp³-hybridized carbons (Fsp3) is 0. The molecule has 4 aromatic carbocycles. The Bertz CT molecular complexity index is 1100. The van der Waals surface area contributed by atoms with E-state index >= 15 is 0 Å². The van der Waals surface area contributed by atoms with Crippen LogP contribution in [0.1, 0.15) is 0 Å². The van der Waals surface area contributed by atoms with Crippen LogP contribution in [-0.2, 0) is 0 Å². The zero-order valence-electron chi connectivity index (χ0n) is 15.7. The van der Waals surface area contributed by atoms with Gasteiger partial charge in [0.2, 0.25) is 0 Å². The van der Waals surface area contributed by atoms with Crippen molar-refractivity contribution in [1.29, 1.82) is 0 Å². The molecule has 0 heterocycles. The third-order valence-corrected chi connectivity index (χ3v) is 4.64. The van der Waals surface area contributed by atoms with E-state index < -0.39 is 0 Å². The zero-order valence-corrected chi connectivity index (χ0v) is 15.7. The van der Waals surface area contributed by atoms with E-state index in [-0.39, 0.29) is 5.06 Å². The van der Waals surface area contributed by atoms with E-state index in [0.717, 1.165) is 16.9 Å². The Hall–Kier alpha value is -3.80. The second kappa shape index (κ2) is 8.06. The molecule has 5 N–H and O–H groups in total. The molecular formula is C24H21N3O2. The Labute approximate surface area is 169 Å². The van der Waals surface area contributed by atoms with Gasteiger partial charge in [-0.2, -0.15) is 0 Å². The van der Waals surface area contributed by atoms with Crippen molar-refractivity contribution in [2.24, 2.45) is 0 Å². The lowest BCUT2D eigenvalue weighted by Gasteiger charge is -2.23. The monoisotopic (exact) mass is 383 g/mol. The van der Waals surface area contributed by atoms with Gasteiger partial charge in [-0.05, 0) is 47.5 Å². The lowest BCUT2D eigenvalue weighted by atomic mass is 10.1. The van der Waals surface area contributed by atoms with Crippen molar-refractivity contribution in [3.05, 3.63) is 102 Å². The van der Waals surface area contributed by atoms with Crippen LogP contribution in [0.3, 0.4) is 0 Å². The number of benzene rings is 4. The number of hydrogen-bond donors (Lipinski definition) is 3. The van der Waals surface area contributed by atoms with Crippen LogP contribution in [0.4, 0.5) is 22.7 Å². The number of quaternary nitrogens is 1. The van der Waals surface area contributed by atoms with Crippen molar-refractivity contribution in [3.8, 4) is 22.6 Å². The molecule has 4 aromatic rings. The van der Waals surface area contributed by atoms with Crippen molar-refractivity contribution < 1.29 is 9.80 Å². The predicted molar refractivity (Wildman–Crippen MR) is 117 cm³/mol. The summed E-state index contributed by atoms with van der Waals surface area (Å²) in [6, 6.07) is 29.9. The summed E-state index contributed by atoms with van der Waals surface area (Å²) in [5, 5.41) is 12.5. The van der Waals surface area contributed by atoms with Crippen molar-refractivity contribution in [1.82, 2.24) is 0 Å². The van der Waals surface area contributed by atoms with Crippen LogP contribution in [0.5, 0.6) is 11.5 Å². The topological polar surface area (TPSA) is 88.8 Å². The van der Waals surface area contributed by atoms with E-state index in [0.29, 0.717) is 28.5 Å². The Kier molecular flexibility index (Phi) is 5.16. The standard InChI is InChI=1S/C24H21N3O2/c25-19-8-15-23(26)24(16-19)27(28)20-9-13-22(14-10-20)29-21-11-6-18(7-12-21)17-4-2-1-3-5-17/h1-16,27H,25-26H2. The normalized spacial score (nSPS) is 11.8. The highest BCUT2D eigenvalue weighted by molar-refractivity contribution is 5.65. The molecule has 5 nitrogen and oxygen atoms in total. The molecule has 4 rings (SSSR count). The number of ether oxygens (including phenoxy) is 1. The molecule has 0 aliphatic heterocycles. The maximum absolute atomic E-state index is 12.7. The van der Waals surface area contributed by atoms with Gasteiger partial charge in [0, 0.05) is 23.9 Å². The molecule has 144 valence electrons. The van der Waals surface area contributed by atoms with Crippen LogP contribution >= 0.6 is 0 Å². The van der Waals surface area contributed by atoms with Crippen LogP contribution in [0, 0.1) is 5.21 Å². The molecule has 0 amide bonds. The van der Waals surface area contributed by atoms with Gasteiger partial charge in [-0.15, -0.1) is 0 Å². The molecule has 0 fully saturated rings. The molecule has 0 spiro atoms. The van der Waals surface area contributed by atoms with Gasteiger partial charge in [0.25, 0.3) is 0 Å². The van der Waals surface area contributed by atoms with Gasteiger partial charge in [-0.25, -0.2) is 0 Å². The lowest BCUT2D eigenvalue weighted by Crippen LogP contribution is -2.96. The van der Waals surface area contributed by atoms with E-state index in [4.69, 9.17) is 16.2 Å². The van der Waals surface area contributed by atoms with Crippen LogP contribution in [0.25, 0.3) is 11.1 Å². The van der Waals surface area contributed by atoms with Gasteiger partial charge in [0.05, 0.1) is 5.69 Å². The maximum atomic E-state index is 12.7. The van der Waals surface area contributed by atoms with E-state index in [1.54, 1.807) is 42.5 Å². The summed E-state index contributed by atoms with van der Waals surface area (Å²) in [4.78, 5) is 0. The quantitative estimate of drug-likeness (QED) is 0.345. The first-order chi connectivity index (χ1) is 14.1. The summed E-state index contributed by atoms with van der Waals surface area (Å²) in [7, 11) is 0. The molecule has 1 atom stereocenters. The molecule has 0 aliphatic rings. The molecule has 29 heavy (non-hydrogen) atoms. The summed E-state index contributed by atoms with van der Waals surface area (Å²) in [5.41, 5.74) is 15.8. The molecule has 0 radical (unpaired) electrons. The highest BCUT2D eigenvalue weighted by atomic mass is 16.5. The molecule has 0 saturated carbocycles. The predicted octanol–water partition coefficient (Wildman–Crippen LogP) is 4.66. The van der Waals surface area contributed by atoms with E-state index in [1.807, 2.05) is 42.5 Å². The Morgan fingerprint density at radius 3 is 1.90 bits per heavy atom. The Balaban J connectivity index is 1.47. The number of rotatable bonds is 5. The van der Waals surface area contributed by atoms with Gasteiger partial charge in [-0.3, -0.25) is 0 Å². The third-order valence-electron chi connectivity index (χ3n) is 4.64. The van der Waals surface area contributed by atoms with Gasteiger partial charge in [0.1, 0.15) is 17.2 Å². The van der Waals surface area contributed by atoms with Crippen LogP contribution in [-0.4, -0.2) is 0 Å². The van der Waals surface area contributed by atoms with Crippen molar-refractivity contribution in [2.45, 2.75) is 0 Å². The minimum Gasteiger partial charge on any atom is -0.623 e. The van der Waals surface area contributed by atoms with E-state index in [2.05, 4.69) is 12.1 Å². The number of anilines is 2. The van der Waals surface area contributed by atoms with Crippen molar-refractivity contribution >= 4 is 22.7 Å². The van der Waals surface area contributed by atoms with Crippen molar-refractivity contribution in [2.75, 3.05) is 11.5 Å². The van der Waals surface area contributed by atoms with Gasteiger partial charge in [-0.1, -0.05) is 42.5 Å². The number of nitrogens with two attached hydrogens (primary N) is 2. The molecule has 1 unspecified atom stereocenters. The highest BCUT2D eigenvalue weighted by Crippen LogP contribution is 2.27. The molecule has 0 aromatic heterocycles. The highest BCUT2D eigenvalue weighted by Gasteiger charge is 2.11. The second-order valence-corrected chi connectivity index (χ2v) is 6.69. The van der Waals surface area contributed by atoms with E-state index in [1.165, 1.54) is 0 Å². The van der Waals surface area contributed by atoms with Gasteiger partial charge >= 0.3 is 0 Å². The number of nitrogen functional groups attached to an aromatic ring is 2. The maximum Gasteiger partial charge on any atom is 0.161 e. The Morgan fingerprint density at radius 1 is 0.655 bits per heavy atom. The second-order valence-electron chi connectivity index (χ2n) is 6.69. The van der Waals surface area contributed by atoms with Crippen LogP contribution in [0.15, 0.2) is 97.1 Å². The fourth-order valence-electron chi connectivity index (χ4n) is 3.08. The van der Waals surface area contributed by atoms with Crippen LogP contribution in [0.2, 0.25) is 0 Å². The molecule has 0 saturated heterocycles. The molecule has 0 bridgehead atoms. The Morgan fingerprint density at radius 2 is 1.24 bits per heavy atom. The summed E-state index contributed by atoms with van der Waals surface area (Å²) in [6.07, 6.45) is 0. The number of hydrogen-bond acceptors (Lipinski definition) is 4. The first kappa shape index (κ1) is 18.6. The molecule has 0 aliphatic carbocycles. The molecular weight excluding hydrogens is 362 g/mol. The SMILES string of the molecule is Nc1ccc(N)c([NH+]([O-])c2ccc(Oc3ccc(-c4ccccc4)cc3)cc2)c1. The first-order valence-electron chi connectivity index (χ1n) is 9.23. The summed E-state index contributed by atoms with van der Waals surface area (Å²) < 4.78 is 5.90. The minimum absolute atomic E-state index is 0.173. The zero-order chi connectivity index (χ0) is 20.2. The third kappa shape index (κ3) is 4.21. The number of nitrogens with one attached hydrogen (secondary N) is 1. The average molecular weight is 383 g/mol. The first-order valence-corrected chi connectivity index (χ1v) is 9.23.